The van der Waals surface area contributed by atoms with E-state index in [2.05, 4.69) is 17.2 Å². The lowest BCUT2D eigenvalue weighted by atomic mass is 10.0. The molecule has 1 saturated heterocycles. The molecular formula is C15H24IN3O3. The Morgan fingerprint density at radius 1 is 1.36 bits per heavy atom. The van der Waals surface area contributed by atoms with Gasteiger partial charge in [0.2, 0.25) is 0 Å². The molecule has 1 unspecified atom stereocenters. The van der Waals surface area contributed by atoms with Crippen molar-refractivity contribution in [1.82, 2.24) is 0 Å². The van der Waals surface area contributed by atoms with Crippen molar-refractivity contribution < 1.29 is 14.2 Å². The Kier molecular flexibility index (Phi) is 7.21. The van der Waals surface area contributed by atoms with E-state index in [1.807, 2.05) is 18.2 Å². The molecule has 1 aromatic rings. The molecule has 1 heterocycles. The highest BCUT2D eigenvalue weighted by Crippen LogP contribution is 2.29. The summed E-state index contributed by atoms with van der Waals surface area (Å²) in [5, 5.41) is 3.05. The van der Waals surface area contributed by atoms with Gasteiger partial charge in [-0.25, -0.2) is 0 Å². The molecule has 3 N–H and O–H groups in total. The minimum atomic E-state index is -0.191. The monoisotopic (exact) mass is 421 g/mol. The maximum atomic E-state index is 5.92. The van der Waals surface area contributed by atoms with Crippen LogP contribution in [0.15, 0.2) is 23.2 Å². The Morgan fingerprint density at radius 3 is 2.68 bits per heavy atom. The van der Waals surface area contributed by atoms with Gasteiger partial charge in [0.25, 0.3) is 0 Å². The van der Waals surface area contributed by atoms with E-state index in [0.29, 0.717) is 24.0 Å². The maximum absolute atomic E-state index is 5.92. The van der Waals surface area contributed by atoms with Gasteiger partial charge < -0.3 is 25.3 Å². The summed E-state index contributed by atoms with van der Waals surface area (Å²) in [5.74, 6) is 1.67. The zero-order valence-corrected chi connectivity index (χ0v) is 15.5. The molecular weight excluding hydrogens is 397 g/mol. The molecule has 1 aromatic carbocycles. The first kappa shape index (κ1) is 18.8. The molecule has 124 valence electrons. The highest BCUT2D eigenvalue weighted by Gasteiger charge is 2.29. The SMILES string of the molecule is COc1ccc(NC(N)=NCC2(C)CCCO2)cc1OC.I. The van der Waals surface area contributed by atoms with E-state index in [4.69, 9.17) is 19.9 Å². The lowest BCUT2D eigenvalue weighted by Crippen LogP contribution is -2.30. The number of anilines is 1. The Bertz CT molecular complexity index is 517. The average Bonchev–Trinajstić information content (AvgIpc) is 2.92. The Labute approximate surface area is 148 Å². The second kappa shape index (κ2) is 8.42. The molecule has 1 aliphatic rings. The quantitative estimate of drug-likeness (QED) is 0.434. The molecule has 2 rings (SSSR count). The van der Waals surface area contributed by atoms with E-state index in [-0.39, 0.29) is 29.6 Å². The van der Waals surface area contributed by atoms with Crippen molar-refractivity contribution in [1.29, 1.82) is 0 Å². The number of ether oxygens (including phenoxy) is 3. The van der Waals surface area contributed by atoms with Crippen molar-refractivity contribution in [3.63, 3.8) is 0 Å². The number of benzene rings is 1. The number of nitrogens with zero attached hydrogens (tertiary/aromatic N) is 1. The minimum absolute atomic E-state index is 0. The molecule has 0 aromatic heterocycles. The van der Waals surface area contributed by atoms with Crippen LogP contribution in [0.3, 0.4) is 0 Å². The predicted octanol–water partition coefficient (Wildman–Crippen LogP) is 2.62. The van der Waals surface area contributed by atoms with Gasteiger partial charge in [-0.15, -0.1) is 24.0 Å². The number of guanidine groups is 1. The zero-order valence-electron chi connectivity index (χ0n) is 13.2. The fraction of sp³-hybridized carbons (Fsp3) is 0.533. The summed E-state index contributed by atoms with van der Waals surface area (Å²) in [7, 11) is 3.19. The van der Waals surface area contributed by atoms with Crippen molar-refractivity contribution in [2.45, 2.75) is 25.4 Å². The summed E-state index contributed by atoms with van der Waals surface area (Å²) < 4.78 is 16.1. The molecule has 7 heteroatoms. The average molecular weight is 421 g/mol. The third-order valence-electron chi connectivity index (χ3n) is 3.54. The third kappa shape index (κ3) is 4.91. The van der Waals surface area contributed by atoms with Crippen LogP contribution in [0.2, 0.25) is 0 Å². The molecule has 0 bridgehead atoms. The van der Waals surface area contributed by atoms with Crippen LogP contribution in [0, 0.1) is 0 Å². The molecule has 0 spiro atoms. The van der Waals surface area contributed by atoms with E-state index in [9.17, 15) is 0 Å². The number of hydrogen-bond acceptors (Lipinski definition) is 4. The maximum Gasteiger partial charge on any atom is 0.193 e. The van der Waals surface area contributed by atoms with Crippen molar-refractivity contribution in [2.75, 3.05) is 32.7 Å². The Morgan fingerprint density at radius 2 is 2.09 bits per heavy atom. The first-order valence-electron chi connectivity index (χ1n) is 6.99. The molecule has 6 nitrogen and oxygen atoms in total. The first-order chi connectivity index (χ1) is 10.1. The van der Waals surface area contributed by atoms with E-state index in [1.54, 1.807) is 14.2 Å². The molecule has 1 fully saturated rings. The number of rotatable bonds is 5. The highest BCUT2D eigenvalue weighted by molar-refractivity contribution is 14.0. The van der Waals surface area contributed by atoms with E-state index < -0.39 is 0 Å². The summed E-state index contributed by atoms with van der Waals surface area (Å²) in [6.07, 6.45) is 2.09. The van der Waals surface area contributed by atoms with Crippen LogP contribution in [0.5, 0.6) is 11.5 Å². The highest BCUT2D eigenvalue weighted by atomic mass is 127. The molecule has 0 saturated carbocycles. The second-order valence-corrected chi connectivity index (χ2v) is 5.30. The van der Waals surface area contributed by atoms with Crippen molar-refractivity contribution in [3.8, 4) is 11.5 Å². The van der Waals surface area contributed by atoms with Gasteiger partial charge in [-0.2, -0.15) is 0 Å². The van der Waals surface area contributed by atoms with Crippen molar-refractivity contribution >= 4 is 35.6 Å². The summed E-state index contributed by atoms with van der Waals surface area (Å²) in [6, 6.07) is 5.49. The predicted molar refractivity (Wildman–Crippen MR) is 98.7 cm³/mol. The van der Waals surface area contributed by atoms with Gasteiger partial charge in [0.05, 0.1) is 26.4 Å². The first-order valence-corrected chi connectivity index (χ1v) is 6.99. The minimum Gasteiger partial charge on any atom is -0.493 e. The van der Waals surface area contributed by atoms with Gasteiger partial charge in [-0.3, -0.25) is 4.99 Å². The summed E-state index contributed by atoms with van der Waals surface area (Å²) in [6.45, 7) is 3.42. The van der Waals surface area contributed by atoms with E-state index >= 15 is 0 Å². The fourth-order valence-electron chi connectivity index (χ4n) is 2.32. The lowest BCUT2D eigenvalue weighted by Gasteiger charge is -2.20. The zero-order chi connectivity index (χ0) is 15.3. The van der Waals surface area contributed by atoms with Crippen LogP contribution in [0.4, 0.5) is 5.69 Å². The third-order valence-corrected chi connectivity index (χ3v) is 3.54. The lowest BCUT2D eigenvalue weighted by molar-refractivity contribution is 0.0284. The van der Waals surface area contributed by atoms with Crippen LogP contribution in [-0.4, -0.2) is 38.9 Å². The standard InChI is InChI=1S/C15H23N3O3.HI/c1-15(7-4-8-21-15)10-17-14(16)18-11-5-6-12(19-2)13(9-11)20-3;/h5-6,9H,4,7-8,10H2,1-3H3,(H3,16,17,18);1H. The molecule has 1 aliphatic heterocycles. The smallest absolute Gasteiger partial charge is 0.193 e. The van der Waals surface area contributed by atoms with Gasteiger partial charge in [0, 0.05) is 18.4 Å². The van der Waals surface area contributed by atoms with Gasteiger partial charge in [0.15, 0.2) is 17.5 Å². The summed E-state index contributed by atoms with van der Waals surface area (Å²) in [5.41, 5.74) is 6.52. The second-order valence-electron chi connectivity index (χ2n) is 5.30. The normalized spacial score (nSPS) is 21.1. The van der Waals surface area contributed by atoms with Crippen molar-refractivity contribution in [3.05, 3.63) is 18.2 Å². The van der Waals surface area contributed by atoms with E-state index in [0.717, 1.165) is 25.1 Å². The molecule has 0 radical (unpaired) electrons. The van der Waals surface area contributed by atoms with Crippen LogP contribution < -0.4 is 20.5 Å². The topological polar surface area (TPSA) is 78.1 Å². The van der Waals surface area contributed by atoms with E-state index in [1.165, 1.54) is 0 Å². The molecule has 22 heavy (non-hydrogen) atoms. The fourth-order valence-corrected chi connectivity index (χ4v) is 2.32. The number of methoxy groups -OCH3 is 2. The van der Waals surface area contributed by atoms with Gasteiger partial charge >= 0.3 is 0 Å². The summed E-state index contributed by atoms with van der Waals surface area (Å²) in [4.78, 5) is 4.36. The van der Waals surface area contributed by atoms with Gasteiger partial charge in [-0.1, -0.05) is 0 Å². The summed E-state index contributed by atoms with van der Waals surface area (Å²) >= 11 is 0. The van der Waals surface area contributed by atoms with Crippen molar-refractivity contribution in [2.24, 2.45) is 10.7 Å². The van der Waals surface area contributed by atoms with Crippen LogP contribution in [0.1, 0.15) is 19.8 Å². The number of nitrogens with two attached hydrogens (primary N) is 1. The Hall–Kier alpha value is -1.22. The molecule has 0 amide bonds. The number of hydrogen-bond donors (Lipinski definition) is 2. The van der Waals surface area contributed by atoms with Gasteiger partial charge in [-0.05, 0) is 31.9 Å². The number of halogens is 1. The number of aliphatic imine (C=N–C) groups is 1. The van der Waals surface area contributed by atoms with Gasteiger partial charge in [0.1, 0.15) is 0 Å². The molecule has 1 atom stereocenters. The Balaban J connectivity index is 0.00000242. The number of nitrogens with one attached hydrogen (secondary N) is 1. The van der Waals surface area contributed by atoms with Crippen LogP contribution in [-0.2, 0) is 4.74 Å². The largest absolute Gasteiger partial charge is 0.493 e. The molecule has 0 aliphatic carbocycles. The van der Waals surface area contributed by atoms with Crippen LogP contribution >= 0.6 is 24.0 Å². The van der Waals surface area contributed by atoms with Crippen LogP contribution in [0.25, 0.3) is 0 Å².